The Labute approximate surface area is 239 Å². The predicted octanol–water partition coefficient (Wildman–Crippen LogP) is 5.83. The molecule has 0 aliphatic carbocycles. The van der Waals surface area contributed by atoms with Gasteiger partial charge in [0.2, 0.25) is 0 Å². The summed E-state index contributed by atoms with van der Waals surface area (Å²) < 4.78 is 21.3. The van der Waals surface area contributed by atoms with Gasteiger partial charge in [-0.1, -0.05) is 43.6 Å². The first-order valence-electron chi connectivity index (χ1n) is 12.3. The van der Waals surface area contributed by atoms with Crippen molar-refractivity contribution < 1.29 is 42.9 Å². The number of ketones is 1. The average Bonchev–Trinajstić information content (AvgIpc) is 2.92. The number of carbonyl (C=O) groups excluding carboxylic acids is 5. The zero-order valence-corrected chi connectivity index (χ0v) is 23.9. The summed E-state index contributed by atoms with van der Waals surface area (Å²) >= 11 is 3.10. The molecule has 0 fully saturated rings. The summed E-state index contributed by atoms with van der Waals surface area (Å²) in [7, 11) is 0. The van der Waals surface area contributed by atoms with Crippen LogP contribution in [0.4, 0.5) is 0 Å². The molecule has 0 amide bonds. The fourth-order valence-electron chi connectivity index (χ4n) is 3.05. The number of carbonyl (C=O) groups is 5. The number of alkyl halides is 1. The molecule has 0 aromatic heterocycles. The Balaban J connectivity index is 1.76. The molecule has 0 aliphatic rings. The van der Waals surface area contributed by atoms with Crippen molar-refractivity contribution in [1.82, 2.24) is 0 Å². The van der Waals surface area contributed by atoms with Gasteiger partial charge in [-0.05, 0) is 60.7 Å². The summed E-state index contributed by atoms with van der Waals surface area (Å²) in [6.45, 7) is 6.82. The van der Waals surface area contributed by atoms with E-state index in [1.54, 1.807) is 27.7 Å². The van der Waals surface area contributed by atoms with Crippen LogP contribution in [0.3, 0.4) is 0 Å². The van der Waals surface area contributed by atoms with E-state index in [0.29, 0.717) is 0 Å². The van der Waals surface area contributed by atoms with Crippen LogP contribution in [0.15, 0.2) is 66.7 Å². The van der Waals surface area contributed by atoms with Crippen LogP contribution in [0.2, 0.25) is 0 Å². The number of benzene rings is 3. The quantitative estimate of drug-likeness (QED) is 0.121. The number of hydrogen-bond acceptors (Lipinski definition) is 9. The maximum Gasteiger partial charge on any atom is 0.343 e. The highest BCUT2D eigenvalue weighted by molar-refractivity contribution is 9.09. The smallest absolute Gasteiger partial charge is 0.343 e. The van der Waals surface area contributed by atoms with E-state index in [1.807, 2.05) is 0 Å². The van der Waals surface area contributed by atoms with Gasteiger partial charge in [0.25, 0.3) is 0 Å². The van der Waals surface area contributed by atoms with Crippen LogP contribution >= 0.6 is 15.9 Å². The van der Waals surface area contributed by atoms with Crippen molar-refractivity contribution in [2.75, 3.05) is 5.33 Å². The van der Waals surface area contributed by atoms with Crippen molar-refractivity contribution in [3.05, 3.63) is 83.4 Å². The molecule has 0 spiro atoms. The second-order valence-corrected chi connectivity index (χ2v) is 9.79. The third-order valence-electron chi connectivity index (χ3n) is 5.30. The van der Waals surface area contributed by atoms with Crippen molar-refractivity contribution in [3.63, 3.8) is 0 Å². The molecule has 3 aromatic carbocycles. The second kappa shape index (κ2) is 13.7. The Morgan fingerprint density at radius 1 is 0.550 bits per heavy atom. The molecule has 3 rings (SSSR count). The number of Topliss-reactive ketones (excluding diaryl/α,β-unsaturated/α-hetero) is 1. The molecular formula is C30H27BrO9. The van der Waals surface area contributed by atoms with Crippen LogP contribution < -0.4 is 18.9 Å². The molecule has 0 radical (unpaired) electrons. The molecule has 0 saturated carbocycles. The second-order valence-electron chi connectivity index (χ2n) is 9.23. The molecule has 10 heteroatoms. The standard InChI is InChI=1S/C30H27BrO9/c1-17(2)27(33)37-22-9-5-19(6-10-22)29(35)39-24-13-21(26(32)16-31)14-25(15-24)40-30(36)20-7-11-23(12-8-20)38-28(34)18(3)4/h5-15,17-18H,16H2,1-4H3. The van der Waals surface area contributed by atoms with Crippen LogP contribution in [-0.4, -0.2) is 35.0 Å². The summed E-state index contributed by atoms with van der Waals surface area (Å²) in [5.74, 6) is -2.73. The fraction of sp³-hybridized carbons (Fsp3) is 0.233. The van der Waals surface area contributed by atoms with Crippen molar-refractivity contribution in [1.29, 1.82) is 0 Å². The highest BCUT2D eigenvalue weighted by atomic mass is 79.9. The molecule has 0 unspecified atom stereocenters. The summed E-state index contributed by atoms with van der Waals surface area (Å²) in [6, 6.07) is 15.6. The van der Waals surface area contributed by atoms with Crippen LogP contribution in [0, 0.1) is 11.8 Å². The number of esters is 4. The monoisotopic (exact) mass is 610 g/mol. The van der Waals surface area contributed by atoms with Gasteiger partial charge in [0.05, 0.1) is 28.3 Å². The lowest BCUT2D eigenvalue weighted by atomic mass is 10.1. The molecule has 0 atom stereocenters. The summed E-state index contributed by atoms with van der Waals surface area (Å²) in [4.78, 5) is 61.4. The van der Waals surface area contributed by atoms with E-state index < -0.39 is 23.9 Å². The molecule has 9 nitrogen and oxygen atoms in total. The first kappa shape index (κ1) is 30.2. The zero-order valence-electron chi connectivity index (χ0n) is 22.3. The Bertz CT molecular complexity index is 1310. The summed E-state index contributed by atoms with van der Waals surface area (Å²) in [5.41, 5.74) is 0.480. The van der Waals surface area contributed by atoms with Gasteiger partial charge < -0.3 is 18.9 Å². The van der Waals surface area contributed by atoms with Gasteiger partial charge in [-0.25, -0.2) is 9.59 Å². The fourth-order valence-corrected chi connectivity index (χ4v) is 3.37. The predicted molar refractivity (Wildman–Crippen MR) is 148 cm³/mol. The Hall–Kier alpha value is -4.31. The van der Waals surface area contributed by atoms with E-state index in [0.717, 1.165) is 0 Å². The first-order chi connectivity index (χ1) is 19.0. The Morgan fingerprint density at radius 3 is 1.25 bits per heavy atom. The summed E-state index contributed by atoms with van der Waals surface area (Å²) in [6.07, 6.45) is 0. The van der Waals surface area contributed by atoms with Crippen molar-refractivity contribution >= 4 is 45.6 Å². The lowest BCUT2D eigenvalue weighted by Gasteiger charge is -2.11. The highest BCUT2D eigenvalue weighted by Crippen LogP contribution is 2.26. The third kappa shape index (κ3) is 8.34. The van der Waals surface area contributed by atoms with Gasteiger partial charge in [0, 0.05) is 11.6 Å². The van der Waals surface area contributed by atoms with E-state index in [2.05, 4.69) is 15.9 Å². The van der Waals surface area contributed by atoms with Gasteiger partial charge in [0.1, 0.15) is 23.0 Å². The molecule has 0 bridgehead atoms. The number of hydrogen-bond donors (Lipinski definition) is 0. The van der Waals surface area contributed by atoms with E-state index in [9.17, 15) is 24.0 Å². The van der Waals surface area contributed by atoms with E-state index in [4.69, 9.17) is 18.9 Å². The Morgan fingerprint density at radius 2 is 0.925 bits per heavy atom. The van der Waals surface area contributed by atoms with Gasteiger partial charge >= 0.3 is 23.9 Å². The molecule has 0 saturated heterocycles. The van der Waals surface area contributed by atoms with E-state index in [-0.39, 0.29) is 62.6 Å². The lowest BCUT2D eigenvalue weighted by Crippen LogP contribution is -2.15. The number of ether oxygens (including phenoxy) is 4. The zero-order chi connectivity index (χ0) is 29.4. The van der Waals surface area contributed by atoms with Gasteiger partial charge in [-0.3, -0.25) is 14.4 Å². The lowest BCUT2D eigenvalue weighted by molar-refractivity contribution is -0.138. The minimum Gasteiger partial charge on any atom is -0.426 e. The molecule has 3 aromatic rings. The molecular weight excluding hydrogens is 584 g/mol. The van der Waals surface area contributed by atoms with Crippen molar-refractivity contribution in [3.8, 4) is 23.0 Å². The van der Waals surface area contributed by atoms with Gasteiger partial charge in [0.15, 0.2) is 5.78 Å². The molecule has 40 heavy (non-hydrogen) atoms. The first-order valence-corrected chi connectivity index (χ1v) is 13.4. The SMILES string of the molecule is CC(C)C(=O)Oc1ccc(C(=O)Oc2cc(OC(=O)c3ccc(OC(=O)C(C)C)cc3)cc(C(=O)CBr)c2)cc1. The number of halogens is 1. The third-order valence-corrected chi connectivity index (χ3v) is 5.81. The van der Waals surface area contributed by atoms with Crippen LogP contribution in [-0.2, 0) is 9.59 Å². The molecule has 0 heterocycles. The largest absolute Gasteiger partial charge is 0.426 e. The van der Waals surface area contributed by atoms with Crippen molar-refractivity contribution in [2.24, 2.45) is 11.8 Å². The Kier molecular flexibility index (Phi) is 10.3. The molecule has 0 aliphatic heterocycles. The van der Waals surface area contributed by atoms with Crippen LogP contribution in [0.25, 0.3) is 0 Å². The van der Waals surface area contributed by atoms with Crippen molar-refractivity contribution in [2.45, 2.75) is 27.7 Å². The minimum absolute atomic E-state index is 0.00902. The van der Waals surface area contributed by atoms with Gasteiger partial charge in [-0.2, -0.15) is 0 Å². The van der Waals surface area contributed by atoms with Crippen LogP contribution in [0.5, 0.6) is 23.0 Å². The van der Waals surface area contributed by atoms with E-state index in [1.165, 1.54) is 66.7 Å². The highest BCUT2D eigenvalue weighted by Gasteiger charge is 2.17. The van der Waals surface area contributed by atoms with Crippen LogP contribution in [0.1, 0.15) is 58.8 Å². The molecule has 0 N–H and O–H groups in total. The minimum atomic E-state index is -0.742. The maximum absolute atomic E-state index is 12.7. The average molecular weight is 611 g/mol. The topological polar surface area (TPSA) is 122 Å². The molecule has 208 valence electrons. The van der Waals surface area contributed by atoms with Gasteiger partial charge in [-0.15, -0.1) is 0 Å². The normalized spacial score (nSPS) is 10.7. The number of rotatable bonds is 10. The summed E-state index contributed by atoms with van der Waals surface area (Å²) in [5, 5.41) is -0.00902. The van der Waals surface area contributed by atoms with E-state index >= 15 is 0 Å². The maximum atomic E-state index is 12.7.